The average Bonchev–Trinajstić information content (AvgIpc) is 2.69. The normalized spacial score (nSPS) is 13.5. The molecule has 35 heavy (non-hydrogen) atoms. The summed E-state index contributed by atoms with van der Waals surface area (Å²) in [4.78, 5) is 51.2. The number of unbranched alkanes of at least 4 members (excludes halogenated alkanes) is 2. The fraction of sp³-hybridized carbons (Fsp3) is 0.600. The van der Waals surface area contributed by atoms with Gasteiger partial charge >= 0.3 is 17.9 Å². The molecular formula is C25H38N2O8. The smallest absolute Gasteiger partial charge is 0.346 e. The van der Waals surface area contributed by atoms with Crippen molar-refractivity contribution < 1.29 is 38.9 Å². The van der Waals surface area contributed by atoms with Gasteiger partial charge in [-0.25, -0.2) is 20.2 Å². The highest BCUT2D eigenvalue weighted by Gasteiger charge is 2.55. The summed E-state index contributed by atoms with van der Waals surface area (Å²) in [6, 6.07) is 3.72. The summed E-state index contributed by atoms with van der Waals surface area (Å²) in [6.45, 7) is 11.6. The Bertz CT molecular complexity index is 946. The monoisotopic (exact) mass is 494 g/mol. The number of aromatic hydroxyl groups is 1. The van der Waals surface area contributed by atoms with Gasteiger partial charge in [-0.2, -0.15) is 0 Å². The summed E-state index contributed by atoms with van der Waals surface area (Å²) in [6.07, 6.45) is 1.36. The standard InChI is InChI=1S/C25H38N2O8/c1-8-9-10-11-19(29)27(26)25(21(31)32,22(33)35-24(5,6)7)15-16-12-13-18(28)17(14-16)20(30)34-23(2,3)4/h12-14,28H,8-11,15,26H2,1-7H3,(H,31,32)/t25-/m0/s1. The molecule has 1 aromatic carbocycles. The number of benzene rings is 1. The van der Waals surface area contributed by atoms with Gasteiger partial charge in [-0.1, -0.05) is 25.8 Å². The summed E-state index contributed by atoms with van der Waals surface area (Å²) in [5.41, 5.74) is -4.61. The molecule has 1 rings (SSSR count). The van der Waals surface area contributed by atoms with Crippen molar-refractivity contribution in [3.8, 4) is 5.75 Å². The van der Waals surface area contributed by atoms with Crippen LogP contribution < -0.4 is 5.84 Å². The van der Waals surface area contributed by atoms with Gasteiger partial charge in [0.05, 0.1) is 0 Å². The molecule has 10 nitrogen and oxygen atoms in total. The van der Waals surface area contributed by atoms with E-state index in [0.29, 0.717) is 11.4 Å². The van der Waals surface area contributed by atoms with Crippen molar-refractivity contribution in [2.45, 2.75) is 97.3 Å². The van der Waals surface area contributed by atoms with Crippen molar-refractivity contribution in [1.82, 2.24) is 5.01 Å². The van der Waals surface area contributed by atoms with Crippen LogP contribution in [0.15, 0.2) is 18.2 Å². The van der Waals surface area contributed by atoms with Crippen LogP contribution in [0.2, 0.25) is 0 Å². The van der Waals surface area contributed by atoms with Gasteiger partial charge in [0.1, 0.15) is 22.5 Å². The first-order valence-electron chi connectivity index (χ1n) is 11.5. The highest BCUT2D eigenvalue weighted by atomic mass is 16.6. The number of nitrogens with two attached hydrogens (primary N) is 1. The van der Waals surface area contributed by atoms with E-state index in [9.17, 15) is 29.4 Å². The number of phenols is 1. The largest absolute Gasteiger partial charge is 0.507 e. The molecule has 1 amide bonds. The topological polar surface area (TPSA) is 156 Å². The summed E-state index contributed by atoms with van der Waals surface area (Å²) in [7, 11) is 0. The van der Waals surface area contributed by atoms with Crippen LogP contribution in [0, 0.1) is 0 Å². The predicted octanol–water partition coefficient (Wildman–Crippen LogP) is 3.34. The number of ether oxygens (including phenoxy) is 2. The van der Waals surface area contributed by atoms with Gasteiger partial charge in [-0.3, -0.25) is 9.80 Å². The number of hydrogen-bond donors (Lipinski definition) is 3. The number of carboxylic acid groups (broad SMARTS) is 1. The van der Waals surface area contributed by atoms with E-state index in [-0.39, 0.29) is 23.3 Å². The van der Waals surface area contributed by atoms with Crippen LogP contribution >= 0.6 is 0 Å². The highest BCUT2D eigenvalue weighted by Crippen LogP contribution is 2.29. The fourth-order valence-corrected chi connectivity index (χ4v) is 3.23. The quantitative estimate of drug-likeness (QED) is 0.111. The molecule has 0 aliphatic rings. The second-order valence-electron chi connectivity index (χ2n) is 10.4. The summed E-state index contributed by atoms with van der Waals surface area (Å²) < 4.78 is 10.7. The Kier molecular flexibility index (Phi) is 9.84. The van der Waals surface area contributed by atoms with E-state index in [0.717, 1.165) is 12.8 Å². The van der Waals surface area contributed by atoms with Crippen molar-refractivity contribution in [2.75, 3.05) is 0 Å². The van der Waals surface area contributed by atoms with Gasteiger partial charge < -0.3 is 19.7 Å². The number of nitrogens with zero attached hydrogens (tertiary/aromatic N) is 1. The maximum Gasteiger partial charge on any atom is 0.346 e. The number of carbonyl (C=O) groups excluding carboxylic acids is 3. The lowest BCUT2D eigenvalue weighted by Crippen LogP contribution is -2.67. The average molecular weight is 495 g/mol. The molecule has 0 bridgehead atoms. The van der Waals surface area contributed by atoms with Crippen molar-refractivity contribution in [3.63, 3.8) is 0 Å². The van der Waals surface area contributed by atoms with Crippen LogP contribution in [-0.2, 0) is 30.3 Å². The first-order chi connectivity index (χ1) is 15.9. The second-order valence-corrected chi connectivity index (χ2v) is 10.4. The molecule has 0 spiro atoms. The first kappa shape index (κ1) is 29.9. The molecule has 1 aromatic rings. The van der Waals surface area contributed by atoms with Crippen LogP contribution in [0.5, 0.6) is 5.75 Å². The molecule has 0 saturated heterocycles. The van der Waals surface area contributed by atoms with Crippen molar-refractivity contribution in [2.24, 2.45) is 5.84 Å². The molecule has 0 aromatic heterocycles. The number of hydrazine groups is 1. The molecule has 0 saturated carbocycles. The Labute approximate surface area is 206 Å². The number of phenolic OH excluding ortho intramolecular Hbond substituents is 1. The molecule has 196 valence electrons. The number of amides is 1. The number of aliphatic carboxylic acids is 1. The molecule has 0 aliphatic heterocycles. The lowest BCUT2D eigenvalue weighted by atomic mass is 9.88. The van der Waals surface area contributed by atoms with Crippen LogP contribution in [-0.4, -0.2) is 55.8 Å². The van der Waals surface area contributed by atoms with Gasteiger partial charge in [0.2, 0.25) is 5.91 Å². The van der Waals surface area contributed by atoms with Gasteiger partial charge in [0.25, 0.3) is 5.54 Å². The molecule has 1 atom stereocenters. The molecule has 10 heteroatoms. The van der Waals surface area contributed by atoms with Gasteiger partial charge in [-0.15, -0.1) is 0 Å². The third-order valence-corrected chi connectivity index (χ3v) is 4.90. The first-order valence-corrected chi connectivity index (χ1v) is 11.5. The zero-order valence-corrected chi connectivity index (χ0v) is 21.6. The van der Waals surface area contributed by atoms with E-state index >= 15 is 0 Å². The van der Waals surface area contributed by atoms with Crippen molar-refractivity contribution >= 4 is 23.8 Å². The Morgan fingerprint density at radius 2 is 1.54 bits per heavy atom. The van der Waals surface area contributed by atoms with Crippen LogP contribution in [0.3, 0.4) is 0 Å². The molecule has 4 N–H and O–H groups in total. The minimum atomic E-state index is -2.61. The van der Waals surface area contributed by atoms with Crippen LogP contribution in [0.1, 0.15) is 90.1 Å². The molecule has 0 radical (unpaired) electrons. The maximum absolute atomic E-state index is 13.3. The van der Waals surface area contributed by atoms with Gasteiger partial charge in [0, 0.05) is 12.8 Å². The Balaban J connectivity index is 3.55. The Morgan fingerprint density at radius 3 is 2.03 bits per heavy atom. The number of esters is 2. The predicted molar refractivity (Wildman–Crippen MR) is 128 cm³/mol. The van der Waals surface area contributed by atoms with Crippen LogP contribution in [0.25, 0.3) is 0 Å². The van der Waals surface area contributed by atoms with Crippen molar-refractivity contribution in [1.29, 1.82) is 0 Å². The van der Waals surface area contributed by atoms with Crippen molar-refractivity contribution in [3.05, 3.63) is 29.3 Å². The van der Waals surface area contributed by atoms with E-state index in [1.54, 1.807) is 41.5 Å². The lowest BCUT2D eigenvalue weighted by molar-refractivity contribution is -0.183. The third kappa shape index (κ3) is 8.24. The zero-order chi connectivity index (χ0) is 27.2. The van der Waals surface area contributed by atoms with E-state index in [2.05, 4.69) is 0 Å². The van der Waals surface area contributed by atoms with E-state index in [4.69, 9.17) is 15.3 Å². The summed E-state index contributed by atoms with van der Waals surface area (Å²) in [5.74, 6) is 1.14. The fourth-order valence-electron chi connectivity index (χ4n) is 3.23. The zero-order valence-electron chi connectivity index (χ0n) is 21.6. The maximum atomic E-state index is 13.3. The minimum Gasteiger partial charge on any atom is -0.507 e. The number of carbonyl (C=O) groups is 4. The van der Waals surface area contributed by atoms with Gasteiger partial charge in [0.15, 0.2) is 0 Å². The number of rotatable bonds is 10. The Hall–Kier alpha value is -3.14. The lowest BCUT2D eigenvalue weighted by Gasteiger charge is -2.37. The Morgan fingerprint density at radius 1 is 0.971 bits per heavy atom. The SMILES string of the molecule is CCCCCC(=O)N(N)[C@@](Cc1ccc(O)c(C(=O)OC(C)(C)C)c1)(C(=O)O)C(=O)OC(C)(C)C. The number of hydrogen-bond acceptors (Lipinski definition) is 8. The van der Waals surface area contributed by atoms with E-state index in [1.807, 2.05) is 6.92 Å². The molecule has 0 fully saturated rings. The molecule has 0 unspecified atom stereocenters. The second kappa shape index (κ2) is 11.5. The summed E-state index contributed by atoms with van der Waals surface area (Å²) >= 11 is 0. The molecule has 0 heterocycles. The summed E-state index contributed by atoms with van der Waals surface area (Å²) in [5, 5.41) is 20.8. The third-order valence-electron chi connectivity index (χ3n) is 4.90. The van der Waals surface area contributed by atoms with Crippen LogP contribution in [0.4, 0.5) is 0 Å². The molecule has 0 aliphatic carbocycles. The van der Waals surface area contributed by atoms with Gasteiger partial charge in [-0.05, 0) is 65.7 Å². The van der Waals surface area contributed by atoms with E-state index < -0.39 is 47.0 Å². The molecular weight excluding hydrogens is 456 g/mol. The highest BCUT2D eigenvalue weighted by molar-refractivity contribution is 6.07. The minimum absolute atomic E-state index is 0.0547. The number of carboxylic acids is 1. The van der Waals surface area contributed by atoms with E-state index in [1.165, 1.54) is 18.2 Å².